The molecule has 0 spiro atoms. The number of nitrogens with one attached hydrogen (secondary N) is 1. The van der Waals surface area contributed by atoms with Crippen LogP contribution in [-0.2, 0) is 16.0 Å². The second kappa shape index (κ2) is 6.89. The second-order valence-electron chi connectivity index (χ2n) is 4.22. The van der Waals surface area contributed by atoms with E-state index >= 15 is 0 Å². The topological polar surface area (TPSA) is 95.0 Å². The van der Waals surface area contributed by atoms with E-state index < -0.39 is 11.9 Å². The number of nitrogens with zero attached hydrogens (tertiary/aromatic N) is 2. The number of aromatic nitrogens is 2. The molecule has 2 aromatic rings. The fraction of sp³-hybridized carbons (Fsp3) is 0.231. The van der Waals surface area contributed by atoms with Gasteiger partial charge >= 0.3 is 0 Å². The third kappa shape index (κ3) is 4.92. The van der Waals surface area contributed by atoms with E-state index in [0.717, 1.165) is 5.56 Å². The molecule has 0 aliphatic rings. The number of carboxylic acid groups (broad SMARTS) is 1. The van der Waals surface area contributed by atoms with Crippen LogP contribution >= 0.6 is 11.3 Å². The second-order valence-corrected chi connectivity index (χ2v) is 5.29. The summed E-state index contributed by atoms with van der Waals surface area (Å²) in [6.45, 7) is 0. The highest BCUT2D eigenvalue weighted by Crippen LogP contribution is 2.19. The van der Waals surface area contributed by atoms with Gasteiger partial charge in [-0.1, -0.05) is 23.5 Å². The summed E-state index contributed by atoms with van der Waals surface area (Å²) in [4.78, 5) is 21.7. The average molecular weight is 308 g/mol. The van der Waals surface area contributed by atoms with Crippen molar-refractivity contribution in [3.63, 3.8) is 0 Å². The SMILES string of the molecule is O=C([O-])CCC(=O)Nc1nnc(Cc2ccc(F)cc2)s1. The summed E-state index contributed by atoms with van der Waals surface area (Å²) in [7, 11) is 0. The van der Waals surface area contributed by atoms with Gasteiger partial charge in [-0.3, -0.25) is 4.79 Å². The van der Waals surface area contributed by atoms with Gasteiger partial charge in [0.2, 0.25) is 11.0 Å². The molecule has 1 aromatic heterocycles. The third-order valence-electron chi connectivity index (χ3n) is 2.54. The molecule has 6 nitrogen and oxygen atoms in total. The van der Waals surface area contributed by atoms with Crippen molar-refractivity contribution in [2.75, 3.05) is 5.32 Å². The highest BCUT2D eigenvalue weighted by molar-refractivity contribution is 7.15. The molecule has 0 aliphatic carbocycles. The Hall–Kier alpha value is -2.35. The van der Waals surface area contributed by atoms with Crippen molar-refractivity contribution in [3.8, 4) is 0 Å². The number of rotatable bonds is 6. The first kappa shape index (κ1) is 15.0. The minimum absolute atomic E-state index is 0.171. The van der Waals surface area contributed by atoms with E-state index in [2.05, 4.69) is 15.5 Å². The van der Waals surface area contributed by atoms with Crippen LogP contribution in [0.2, 0.25) is 0 Å². The monoisotopic (exact) mass is 308 g/mol. The van der Waals surface area contributed by atoms with Crippen LogP contribution in [0, 0.1) is 5.82 Å². The summed E-state index contributed by atoms with van der Waals surface area (Å²) in [6, 6.07) is 6.02. The number of hydrogen-bond acceptors (Lipinski definition) is 6. The number of carboxylic acids is 1. The molecule has 0 saturated carbocycles. The lowest BCUT2D eigenvalue weighted by Gasteiger charge is -2.01. The predicted octanol–water partition coefficient (Wildman–Crippen LogP) is 0.737. The summed E-state index contributed by atoms with van der Waals surface area (Å²) in [5.74, 6) is -2.04. The largest absolute Gasteiger partial charge is 0.550 e. The predicted molar refractivity (Wildman–Crippen MR) is 72.0 cm³/mol. The molecular formula is C13H11FN3O3S-. The van der Waals surface area contributed by atoms with Gasteiger partial charge in [0, 0.05) is 18.8 Å². The molecule has 0 radical (unpaired) electrons. The molecule has 0 unspecified atom stereocenters. The highest BCUT2D eigenvalue weighted by Gasteiger charge is 2.09. The Morgan fingerprint density at radius 1 is 1.19 bits per heavy atom. The van der Waals surface area contributed by atoms with Crippen LogP contribution in [0.25, 0.3) is 0 Å². The Balaban J connectivity index is 1.90. The molecule has 0 bridgehead atoms. The van der Waals surface area contributed by atoms with Gasteiger partial charge in [-0.2, -0.15) is 0 Å². The first-order valence-corrected chi connectivity index (χ1v) is 6.91. The van der Waals surface area contributed by atoms with E-state index in [1.807, 2.05) is 0 Å². The first-order chi connectivity index (χ1) is 10.0. The zero-order valence-electron chi connectivity index (χ0n) is 10.8. The Bertz CT molecular complexity index is 642. The van der Waals surface area contributed by atoms with Crippen LogP contribution < -0.4 is 10.4 Å². The van der Waals surface area contributed by atoms with E-state index in [-0.39, 0.29) is 18.7 Å². The molecule has 21 heavy (non-hydrogen) atoms. The molecular weight excluding hydrogens is 297 g/mol. The highest BCUT2D eigenvalue weighted by atomic mass is 32.1. The van der Waals surface area contributed by atoms with Crippen molar-refractivity contribution >= 4 is 28.3 Å². The number of carbonyl (C=O) groups is 2. The molecule has 0 saturated heterocycles. The normalized spacial score (nSPS) is 10.3. The van der Waals surface area contributed by atoms with Crippen molar-refractivity contribution < 1.29 is 19.1 Å². The number of halogens is 1. The maximum Gasteiger partial charge on any atom is 0.226 e. The number of anilines is 1. The zero-order valence-corrected chi connectivity index (χ0v) is 11.7. The van der Waals surface area contributed by atoms with Crippen molar-refractivity contribution in [1.82, 2.24) is 10.2 Å². The zero-order chi connectivity index (χ0) is 15.2. The molecule has 1 N–H and O–H groups in total. The molecule has 0 fully saturated rings. The number of carbonyl (C=O) groups excluding carboxylic acids is 2. The molecule has 8 heteroatoms. The smallest absolute Gasteiger partial charge is 0.226 e. The first-order valence-electron chi connectivity index (χ1n) is 6.09. The van der Waals surface area contributed by atoms with Crippen molar-refractivity contribution in [2.24, 2.45) is 0 Å². The number of benzene rings is 1. The molecule has 2 rings (SSSR count). The summed E-state index contributed by atoms with van der Waals surface area (Å²) in [5, 5.41) is 21.4. The van der Waals surface area contributed by atoms with Crippen LogP contribution in [0.3, 0.4) is 0 Å². The van der Waals surface area contributed by atoms with E-state index in [1.165, 1.54) is 23.5 Å². The van der Waals surface area contributed by atoms with E-state index in [4.69, 9.17) is 0 Å². The van der Waals surface area contributed by atoms with Crippen molar-refractivity contribution in [3.05, 3.63) is 40.7 Å². The molecule has 1 heterocycles. The summed E-state index contributed by atoms with van der Waals surface area (Å²) in [5.41, 5.74) is 0.877. The summed E-state index contributed by atoms with van der Waals surface area (Å²) in [6.07, 6.45) is -0.0326. The van der Waals surface area contributed by atoms with Gasteiger partial charge in [-0.25, -0.2) is 4.39 Å². The van der Waals surface area contributed by atoms with Gasteiger partial charge in [0.15, 0.2) is 0 Å². The Kier molecular flexibility index (Phi) is 4.94. The van der Waals surface area contributed by atoms with Crippen LogP contribution in [-0.4, -0.2) is 22.1 Å². The Labute approximate surface area is 123 Å². The van der Waals surface area contributed by atoms with Gasteiger partial charge in [0.05, 0.1) is 0 Å². The van der Waals surface area contributed by atoms with Crippen LogP contribution in [0.15, 0.2) is 24.3 Å². The molecule has 110 valence electrons. The molecule has 0 aliphatic heterocycles. The maximum atomic E-state index is 12.8. The lowest BCUT2D eigenvalue weighted by molar-refractivity contribution is -0.305. The van der Waals surface area contributed by atoms with Crippen molar-refractivity contribution in [2.45, 2.75) is 19.3 Å². The van der Waals surface area contributed by atoms with Crippen LogP contribution in [0.5, 0.6) is 0 Å². The van der Waals surface area contributed by atoms with Gasteiger partial charge in [-0.05, 0) is 24.1 Å². The summed E-state index contributed by atoms with van der Waals surface area (Å²) >= 11 is 1.18. The van der Waals surface area contributed by atoms with Crippen LogP contribution in [0.4, 0.5) is 9.52 Å². The lowest BCUT2D eigenvalue weighted by Crippen LogP contribution is -2.24. The Morgan fingerprint density at radius 3 is 2.57 bits per heavy atom. The minimum atomic E-state index is -1.28. The van der Waals surface area contributed by atoms with Crippen LogP contribution in [0.1, 0.15) is 23.4 Å². The Morgan fingerprint density at radius 2 is 1.90 bits per heavy atom. The fourth-order valence-corrected chi connectivity index (χ4v) is 2.34. The molecule has 1 aromatic carbocycles. The average Bonchev–Trinajstić information content (AvgIpc) is 2.86. The van der Waals surface area contributed by atoms with Gasteiger partial charge in [-0.15, -0.1) is 10.2 Å². The third-order valence-corrected chi connectivity index (χ3v) is 3.38. The van der Waals surface area contributed by atoms with Gasteiger partial charge in [0.25, 0.3) is 0 Å². The number of aliphatic carboxylic acids is 1. The minimum Gasteiger partial charge on any atom is -0.550 e. The quantitative estimate of drug-likeness (QED) is 0.849. The number of hydrogen-bond donors (Lipinski definition) is 1. The van der Waals surface area contributed by atoms with E-state index in [9.17, 15) is 19.1 Å². The molecule has 0 atom stereocenters. The van der Waals surface area contributed by atoms with E-state index in [0.29, 0.717) is 16.6 Å². The standard InChI is InChI=1S/C13H12FN3O3S/c14-9-3-1-8(2-4-9)7-11-16-17-13(21-11)15-10(18)5-6-12(19)20/h1-4H,5-7H2,(H,19,20)(H,15,17,18)/p-1. The van der Waals surface area contributed by atoms with E-state index in [1.54, 1.807) is 12.1 Å². The van der Waals surface area contributed by atoms with Gasteiger partial charge < -0.3 is 15.2 Å². The maximum absolute atomic E-state index is 12.8. The van der Waals surface area contributed by atoms with Gasteiger partial charge in [0.1, 0.15) is 10.8 Å². The lowest BCUT2D eigenvalue weighted by atomic mass is 10.2. The van der Waals surface area contributed by atoms with Crippen molar-refractivity contribution in [1.29, 1.82) is 0 Å². The number of amides is 1. The fourth-order valence-electron chi connectivity index (χ4n) is 1.55. The summed E-state index contributed by atoms with van der Waals surface area (Å²) < 4.78 is 12.8. The molecule has 1 amide bonds.